The van der Waals surface area contributed by atoms with Gasteiger partial charge in [0.25, 0.3) is 0 Å². The minimum Gasteiger partial charge on any atom is -0.388 e. The number of rotatable bonds is 3. The van der Waals surface area contributed by atoms with Crippen LogP contribution in [0.2, 0.25) is 5.02 Å². The van der Waals surface area contributed by atoms with E-state index in [0.29, 0.717) is 15.6 Å². The lowest BCUT2D eigenvalue weighted by atomic mass is 10.0. The Labute approximate surface area is 123 Å². The monoisotopic (exact) mass is 346 g/mol. The van der Waals surface area contributed by atoms with Gasteiger partial charge >= 0.3 is 0 Å². The van der Waals surface area contributed by atoms with Crippen molar-refractivity contribution in [3.05, 3.63) is 68.7 Å². The number of aliphatic hydroxyl groups is 1. The van der Waals surface area contributed by atoms with Gasteiger partial charge in [-0.15, -0.1) is 0 Å². The summed E-state index contributed by atoms with van der Waals surface area (Å²) in [4.78, 5) is 0. The quantitative estimate of drug-likeness (QED) is 0.856. The molecule has 2 aromatic carbocycles. The summed E-state index contributed by atoms with van der Waals surface area (Å²) in [6, 6.07) is 8.38. The third-order valence-electron chi connectivity index (χ3n) is 2.70. The highest BCUT2D eigenvalue weighted by Crippen LogP contribution is 2.25. The highest BCUT2D eigenvalue weighted by Gasteiger charge is 2.13. The maximum atomic E-state index is 13.6. The third kappa shape index (κ3) is 3.75. The van der Waals surface area contributed by atoms with Crippen LogP contribution in [0.1, 0.15) is 17.2 Å². The number of halogens is 4. The SMILES string of the molecule is OC(Cc1ccc(Br)cc1F)c1cc(F)cc(Cl)c1. The summed E-state index contributed by atoms with van der Waals surface area (Å²) in [6.07, 6.45) is -0.956. The number of aliphatic hydroxyl groups excluding tert-OH is 1. The molecule has 0 saturated carbocycles. The van der Waals surface area contributed by atoms with Crippen LogP contribution >= 0.6 is 27.5 Å². The van der Waals surface area contributed by atoms with E-state index in [0.717, 1.165) is 6.07 Å². The summed E-state index contributed by atoms with van der Waals surface area (Å²) in [5.74, 6) is -0.950. The van der Waals surface area contributed by atoms with E-state index in [2.05, 4.69) is 15.9 Å². The Morgan fingerprint density at radius 1 is 1.16 bits per heavy atom. The maximum absolute atomic E-state index is 13.6. The second-order valence-electron chi connectivity index (χ2n) is 4.16. The molecule has 0 aromatic heterocycles. The molecule has 0 spiro atoms. The van der Waals surface area contributed by atoms with Gasteiger partial charge < -0.3 is 5.11 Å². The number of benzene rings is 2. The van der Waals surface area contributed by atoms with Gasteiger partial charge in [0.1, 0.15) is 11.6 Å². The van der Waals surface area contributed by atoms with Crippen LogP contribution in [0.3, 0.4) is 0 Å². The molecule has 1 N–H and O–H groups in total. The molecule has 0 aliphatic heterocycles. The summed E-state index contributed by atoms with van der Waals surface area (Å²) in [5, 5.41) is 10.2. The molecule has 2 rings (SSSR count). The van der Waals surface area contributed by atoms with Crippen LogP contribution in [-0.4, -0.2) is 5.11 Å². The molecule has 5 heteroatoms. The lowest BCUT2D eigenvalue weighted by Gasteiger charge is -2.12. The molecule has 0 saturated heterocycles. The summed E-state index contributed by atoms with van der Waals surface area (Å²) in [5.41, 5.74) is 0.684. The molecule has 0 aliphatic carbocycles. The highest BCUT2D eigenvalue weighted by atomic mass is 79.9. The van der Waals surface area contributed by atoms with E-state index in [1.165, 1.54) is 18.2 Å². The van der Waals surface area contributed by atoms with Gasteiger partial charge in [0.15, 0.2) is 0 Å². The fourth-order valence-electron chi connectivity index (χ4n) is 1.78. The number of hydrogen-bond acceptors (Lipinski definition) is 1. The Bertz CT molecular complexity index is 584. The van der Waals surface area contributed by atoms with Crippen molar-refractivity contribution in [2.75, 3.05) is 0 Å². The first-order valence-corrected chi connectivity index (χ1v) is 6.71. The first-order valence-electron chi connectivity index (χ1n) is 5.53. The van der Waals surface area contributed by atoms with E-state index in [1.54, 1.807) is 12.1 Å². The zero-order valence-electron chi connectivity index (χ0n) is 9.71. The van der Waals surface area contributed by atoms with Crippen molar-refractivity contribution < 1.29 is 13.9 Å². The Kier molecular flexibility index (Phi) is 4.55. The molecule has 1 unspecified atom stereocenters. The molecule has 19 heavy (non-hydrogen) atoms. The van der Waals surface area contributed by atoms with Crippen molar-refractivity contribution in [2.24, 2.45) is 0 Å². The predicted molar refractivity (Wildman–Crippen MR) is 74.2 cm³/mol. The molecule has 1 atom stereocenters. The van der Waals surface area contributed by atoms with Crippen LogP contribution in [-0.2, 0) is 6.42 Å². The topological polar surface area (TPSA) is 20.2 Å². The minimum absolute atomic E-state index is 0.0545. The lowest BCUT2D eigenvalue weighted by molar-refractivity contribution is 0.176. The summed E-state index contributed by atoms with van der Waals surface area (Å²) >= 11 is 8.87. The standard InChI is InChI=1S/C14H10BrClF2O/c15-10-2-1-8(13(18)6-10)5-14(19)9-3-11(16)7-12(17)4-9/h1-4,6-7,14,19H,5H2. The van der Waals surface area contributed by atoms with Crippen LogP contribution in [0.15, 0.2) is 40.9 Å². The van der Waals surface area contributed by atoms with Gasteiger partial charge in [-0.1, -0.05) is 33.6 Å². The minimum atomic E-state index is -1.01. The van der Waals surface area contributed by atoms with Gasteiger partial charge in [-0.25, -0.2) is 8.78 Å². The van der Waals surface area contributed by atoms with Gasteiger partial charge in [0.05, 0.1) is 6.10 Å². The molecule has 2 aromatic rings. The van der Waals surface area contributed by atoms with Crippen LogP contribution in [0, 0.1) is 11.6 Å². The molecule has 0 radical (unpaired) electrons. The van der Waals surface area contributed by atoms with Crippen LogP contribution in [0.25, 0.3) is 0 Å². The Balaban J connectivity index is 2.22. The molecule has 0 heterocycles. The van der Waals surface area contributed by atoms with Gasteiger partial charge in [-0.2, -0.15) is 0 Å². The average molecular weight is 348 g/mol. The fraction of sp³-hybridized carbons (Fsp3) is 0.143. The Morgan fingerprint density at radius 2 is 1.89 bits per heavy atom. The van der Waals surface area contributed by atoms with E-state index < -0.39 is 17.7 Å². The van der Waals surface area contributed by atoms with Crippen molar-refractivity contribution in [1.82, 2.24) is 0 Å². The zero-order chi connectivity index (χ0) is 14.0. The average Bonchev–Trinajstić information content (AvgIpc) is 2.31. The van der Waals surface area contributed by atoms with Gasteiger partial charge in [0, 0.05) is 15.9 Å². The van der Waals surface area contributed by atoms with Gasteiger partial charge in [-0.05, 0) is 41.5 Å². The van der Waals surface area contributed by atoms with Gasteiger partial charge in [0.2, 0.25) is 0 Å². The van der Waals surface area contributed by atoms with E-state index in [9.17, 15) is 13.9 Å². The highest BCUT2D eigenvalue weighted by molar-refractivity contribution is 9.10. The van der Waals surface area contributed by atoms with E-state index in [1.807, 2.05) is 0 Å². The molecule has 0 fully saturated rings. The maximum Gasteiger partial charge on any atom is 0.127 e. The smallest absolute Gasteiger partial charge is 0.127 e. The van der Waals surface area contributed by atoms with Crippen molar-refractivity contribution >= 4 is 27.5 Å². The zero-order valence-corrected chi connectivity index (χ0v) is 12.0. The molecular weight excluding hydrogens is 338 g/mol. The van der Waals surface area contributed by atoms with Crippen LogP contribution in [0.5, 0.6) is 0 Å². The Hall–Kier alpha value is -0.970. The molecule has 0 bridgehead atoms. The fourth-order valence-corrected chi connectivity index (χ4v) is 2.34. The van der Waals surface area contributed by atoms with Crippen LogP contribution in [0.4, 0.5) is 8.78 Å². The summed E-state index contributed by atoms with van der Waals surface area (Å²) < 4.78 is 27.4. The first-order chi connectivity index (χ1) is 8.95. The van der Waals surface area contributed by atoms with E-state index in [4.69, 9.17) is 11.6 Å². The summed E-state index contributed by atoms with van der Waals surface area (Å²) in [7, 11) is 0. The second kappa shape index (κ2) is 5.99. The van der Waals surface area contributed by atoms with Crippen molar-refractivity contribution in [2.45, 2.75) is 12.5 Å². The number of hydrogen-bond donors (Lipinski definition) is 1. The predicted octanol–water partition coefficient (Wildman–Crippen LogP) is 4.66. The van der Waals surface area contributed by atoms with Crippen LogP contribution < -0.4 is 0 Å². The third-order valence-corrected chi connectivity index (χ3v) is 3.41. The Morgan fingerprint density at radius 3 is 2.53 bits per heavy atom. The molecule has 0 amide bonds. The normalized spacial score (nSPS) is 12.5. The van der Waals surface area contributed by atoms with Crippen molar-refractivity contribution in [1.29, 1.82) is 0 Å². The second-order valence-corrected chi connectivity index (χ2v) is 5.51. The summed E-state index contributed by atoms with van der Waals surface area (Å²) in [6.45, 7) is 0. The first kappa shape index (κ1) is 14.4. The largest absolute Gasteiger partial charge is 0.388 e. The molecule has 1 nitrogen and oxygen atoms in total. The van der Waals surface area contributed by atoms with Crippen molar-refractivity contribution in [3.8, 4) is 0 Å². The molecule has 100 valence electrons. The van der Waals surface area contributed by atoms with Crippen molar-refractivity contribution in [3.63, 3.8) is 0 Å². The molecule has 0 aliphatic rings. The van der Waals surface area contributed by atoms with Gasteiger partial charge in [-0.3, -0.25) is 0 Å². The lowest BCUT2D eigenvalue weighted by Crippen LogP contribution is -2.04. The van der Waals surface area contributed by atoms with E-state index in [-0.39, 0.29) is 11.4 Å². The van der Waals surface area contributed by atoms with E-state index >= 15 is 0 Å². The molecular formula is C14H10BrClF2O.